The summed E-state index contributed by atoms with van der Waals surface area (Å²) in [6.07, 6.45) is -0.600. The number of alkyl halides is 2. The zero-order chi connectivity index (χ0) is 20.8. The lowest BCUT2D eigenvalue weighted by Gasteiger charge is -2.15. The van der Waals surface area contributed by atoms with Crippen LogP contribution in [0.3, 0.4) is 0 Å². The number of halogens is 2. The minimum atomic E-state index is -2.74. The van der Waals surface area contributed by atoms with Crippen molar-refractivity contribution in [1.82, 2.24) is 19.9 Å². The van der Waals surface area contributed by atoms with Crippen LogP contribution in [0, 0.1) is 0 Å². The van der Waals surface area contributed by atoms with Crippen molar-refractivity contribution in [2.45, 2.75) is 26.7 Å². The smallest absolute Gasteiger partial charge is 0.280 e. The summed E-state index contributed by atoms with van der Waals surface area (Å²) in [6.45, 7) is 7.83. The van der Waals surface area contributed by atoms with Crippen LogP contribution < -0.4 is 10.2 Å². The highest BCUT2D eigenvalue weighted by atomic mass is 19.3. The van der Waals surface area contributed by atoms with E-state index in [4.69, 9.17) is 0 Å². The standard InChI is InChI=1S/C21H25F2N5O/c1-3-27(4-2)12-8-11-24-21(29)16-14-25-28-18(19(22)23)13-17(26-20(16)28)15-9-6-5-7-10-15/h5-7,9-10,13-14,19H,3-4,8,11-12H2,1-2H3,(H,24,29)/p+1. The summed E-state index contributed by atoms with van der Waals surface area (Å²) >= 11 is 0. The van der Waals surface area contributed by atoms with Gasteiger partial charge in [0.2, 0.25) is 0 Å². The summed E-state index contributed by atoms with van der Waals surface area (Å²) in [6, 6.07) is 10.4. The summed E-state index contributed by atoms with van der Waals surface area (Å²) in [5, 5.41) is 6.84. The van der Waals surface area contributed by atoms with Crippen LogP contribution in [0.4, 0.5) is 8.78 Å². The average molecular weight is 402 g/mol. The minimum Gasteiger partial charge on any atom is -0.352 e. The van der Waals surface area contributed by atoms with Gasteiger partial charge in [-0.3, -0.25) is 4.79 Å². The number of quaternary nitrogens is 1. The molecule has 0 saturated carbocycles. The predicted octanol–water partition coefficient (Wildman–Crippen LogP) is 2.38. The Morgan fingerprint density at radius 3 is 2.59 bits per heavy atom. The second-order valence-electron chi connectivity index (χ2n) is 6.84. The van der Waals surface area contributed by atoms with E-state index in [0.29, 0.717) is 17.8 Å². The molecule has 0 aliphatic rings. The van der Waals surface area contributed by atoms with Gasteiger partial charge in [-0.05, 0) is 19.9 Å². The molecule has 0 saturated heterocycles. The first-order valence-corrected chi connectivity index (χ1v) is 9.89. The third-order valence-electron chi connectivity index (χ3n) is 5.03. The highest BCUT2D eigenvalue weighted by Crippen LogP contribution is 2.26. The number of fused-ring (bicyclic) bond motifs is 1. The number of rotatable bonds is 9. The molecule has 8 heteroatoms. The number of carbonyl (C=O) groups is 1. The Balaban J connectivity index is 1.85. The summed E-state index contributed by atoms with van der Waals surface area (Å²) in [5.74, 6) is -0.354. The van der Waals surface area contributed by atoms with Crippen molar-refractivity contribution < 1.29 is 18.5 Å². The third-order valence-corrected chi connectivity index (χ3v) is 5.03. The number of amides is 1. The van der Waals surface area contributed by atoms with Crippen molar-refractivity contribution in [3.8, 4) is 11.3 Å². The van der Waals surface area contributed by atoms with Crippen LogP contribution in [0.15, 0.2) is 42.6 Å². The molecule has 0 unspecified atom stereocenters. The topological polar surface area (TPSA) is 63.7 Å². The van der Waals surface area contributed by atoms with Crippen molar-refractivity contribution in [3.63, 3.8) is 0 Å². The van der Waals surface area contributed by atoms with Gasteiger partial charge in [-0.1, -0.05) is 30.3 Å². The largest absolute Gasteiger partial charge is 0.352 e. The van der Waals surface area contributed by atoms with E-state index in [-0.39, 0.29) is 22.8 Å². The first-order valence-electron chi connectivity index (χ1n) is 9.89. The van der Waals surface area contributed by atoms with Crippen LogP contribution in [0.2, 0.25) is 0 Å². The molecule has 0 fully saturated rings. The van der Waals surface area contributed by atoms with Gasteiger partial charge >= 0.3 is 0 Å². The van der Waals surface area contributed by atoms with E-state index in [2.05, 4.69) is 29.2 Å². The van der Waals surface area contributed by atoms with Gasteiger partial charge < -0.3 is 10.2 Å². The van der Waals surface area contributed by atoms with E-state index in [1.54, 1.807) is 12.1 Å². The highest BCUT2D eigenvalue weighted by molar-refractivity contribution is 5.99. The van der Waals surface area contributed by atoms with E-state index in [1.165, 1.54) is 17.2 Å². The molecule has 29 heavy (non-hydrogen) atoms. The Labute approximate surface area is 168 Å². The molecular weight excluding hydrogens is 376 g/mol. The van der Waals surface area contributed by atoms with E-state index < -0.39 is 6.43 Å². The van der Waals surface area contributed by atoms with Gasteiger partial charge in [0.25, 0.3) is 12.3 Å². The molecule has 0 bridgehead atoms. The molecule has 0 aliphatic carbocycles. The van der Waals surface area contributed by atoms with Crippen molar-refractivity contribution >= 4 is 11.6 Å². The normalized spacial score (nSPS) is 11.5. The molecule has 1 amide bonds. The molecule has 3 aromatic rings. The Bertz CT molecular complexity index is 954. The van der Waals surface area contributed by atoms with Crippen molar-refractivity contribution in [2.24, 2.45) is 0 Å². The van der Waals surface area contributed by atoms with E-state index in [9.17, 15) is 13.6 Å². The average Bonchev–Trinajstić information content (AvgIpc) is 3.17. The van der Waals surface area contributed by atoms with Gasteiger partial charge in [-0.15, -0.1) is 0 Å². The Hall–Kier alpha value is -2.87. The molecule has 0 aliphatic heterocycles. The first-order chi connectivity index (χ1) is 14.0. The van der Waals surface area contributed by atoms with Crippen molar-refractivity contribution in [3.05, 3.63) is 53.9 Å². The van der Waals surface area contributed by atoms with Crippen LogP contribution in [0.25, 0.3) is 16.9 Å². The fraction of sp³-hybridized carbons (Fsp3) is 0.381. The van der Waals surface area contributed by atoms with Gasteiger partial charge in [0.1, 0.15) is 11.3 Å². The molecule has 0 spiro atoms. The molecule has 2 heterocycles. The zero-order valence-electron chi connectivity index (χ0n) is 16.7. The molecular formula is C21H26F2N5O+. The monoisotopic (exact) mass is 402 g/mol. The minimum absolute atomic E-state index is 0.133. The molecule has 2 N–H and O–H groups in total. The second-order valence-corrected chi connectivity index (χ2v) is 6.84. The van der Waals surface area contributed by atoms with Gasteiger partial charge in [-0.2, -0.15) is 5.10 Å². The van der Waals surface area contributed by atoms with Gasteiger partial charge in [0.15, 0.2) is 5.65 Å². The molecule has 0 radical (unpaired) electrons. The fourth-order valence-electron chi connectivity index (χ4n) is 3.30. The quantitative estimate of drug-likeness (QED) is 0.540. The van der Waals surface area contributed by atoms with Gasteiger partial charge in [-0.25, -0.2) is 18.3 Å². The lowest BCUT2D eigenvalue weighted by Crippen LogP contribution is -3.11. The van der Waals surface area contributed by atoms with Gasteiger partial charge in [0.05, 0.1) is 31.5 Å². The van der Waals surface area contributed by atoms with E-state index in [0.717, 1.165) is 30.6 Å². The molecule has 154 valence electrons. The number of nitrogens with one attached hydrogen (secondary N) is 2. The summed E-state index contributed by atoms with van der Waals surface area (Å²) in [7, 11) is 0. The van der Waals surface area contributed by atoms with Crippen LogP contribution in [-0.4, -0.2) is 46.7 Å². The van der Waals surface area contributed by atoms with Crippen LogP contribution in [0.1, 0.15) is 42.7 Å². The summed E-state index contributed by atoms with van der Waals surface area (Å²) in [4.78, 5) is 18.6. The van der Waals surface area contributed by atoms with E-state index in [1.807, 2.05) is 18.2 Å². The maximum Gasteiger partial charge on any atom is 0.280 e. The first kappa shape index (κ1) is 20.9. The Morgan fingerprint density at radius 1 is 1.21 bits per heavy atom. The lowest BCUT2D eigenvalue weighted by molar-refractivity contribution is -0.896. The number of hydrogen-bond donors (Lipinski definition) is 2. The predicted molar refractivity (Wildman–Crippen MR) is 107 cm³/mol. The number of hydrogen-bond acceptors (Lipinski definition) is 3. The molecule has 2 aromatic heterocycles. The molecule has 6 nitrogen and oxygen atoms in total. The number of carbonyl (C=O) groups excluding carboxylic acids is 1. The fourth-order valence-corrected chi connectivity index (χ4v) is 3.30. The highest BCUT2D eigenvalue weighted by Gasteiger charge is 2.21. The van der Waals surface area contributed by atoms with E-state index >= 15 is 0 Å². The summed E-state index contributed by atoms with van der Waals surface area (Å²) < 4.78 is 28.3. The summed E-state index contributed by atoms with van der Waals surface area (Å²) in [5.41, 5.74) is 1.12. The van der Waals surface area contributed by atoms with Crippen LogP contribution in [0.5, 0.6) is 0 Å². The third kappa shape index (κ3) is 4.76. The number of nitrogens with zero attached hydrogens (tertiary/aromatic N) is 3. The SMILES string of the molecule is CC[NH+](CC)CCCNC(=O)c1cnn2c(C(F)F)cc(-c3ccccc3)nc12. The van der Waals surface area contributed by atoms with Crippen molar-refractivity contribution in [2.75, 3.05) is 26.2 Å². The molecule has 0 atom stereocenters. The molecule has 1 aromatic carbocycles. The Kier molecular flexibility index (Phi) is 6.87. The zero-order valence-corrected chi connectivity index (χ0v) is 16.7. The van der Waals surface area contributed by atoms with Gasteiger partial charge in [0, 0.05) is 18.5 Å². The van der Waals surface area contributed by atoms with Crippen molar-refractivity contribution in [1.29, 1.82) is 0 Å². The molecule has 3 rings (SSSR count). The van der Waals surface area contributed by atoms with Crippen LogP contribution >= 0.6 is 0 Å². The maximum absolute atomic E-state index is 13.6. The number of aromatic nitrogens is 3. The maximum atomic E-state index is 13.6. The number of benzene rings is 1. The Morgan fingerprint density at radius 2 is 1.93 bits per heavy atom. The lowest BCUT2D eigenvalue weighted by atomic mass is 10.1. The second kappa shape index (κ2) is 9.56. The van der Waals surface area contributed by atoms with Crippen LogP contribution in [-0.2, 0) is 0 Å².